The Morgan fingerprint density at radius 2 is 1.64 bits per heavy atom. The first-order valence-electron chi connectivity index (χ1n) is 8.37. The van der Waals surface area contributed by atoms with Gasteiger partial charge in [-0.25, -0.2) is 4.68 Å². The van der Waals surface area contributed by atoms with Gasteiger partial charge in [0.15, 0.2) is 0 Å². The van der Waals surface area contributed by atoms with Crippen molar-refractivity contribution in [3.63, 3.8) is 0 Å². The van der Waals surface area contributed by atoms with Gasteiger partial charge in [0.2, 0.25) is 0 Å². The molecular weight excluding hydrogens is 316 g/mol. The second-order valence-electron chi connectivity index (χ2n) is 5.92. The molecule has 2 aromatic carbocycles. The van der Waals surface area contributed by atoms with Crippen molar-refractivity contribution in [2.75, 3.05) is 36.5 Å². The molecule has 2 heterocycles. The summed E-state index contributed by atoms with van der Waals surface area (Å²) in [5.41, 5.74) is 4.51. The molecule has 1 N–H and O–H groups in total. The van der Waals surface area contributed by atoms with Crippen LogP contribution in [-0.4, -0.2) is 46.5 Å². The molecule has 1 aromatic heterocycles. The predicted molar refractivity (Wildman–Crippen MR) is 96.0 cm³/mol. The van der Waals surface area contributed by atoms with Gasteiger partial charge in [0, 0.05) is 31.0 Å². The topological polar surface area (TPSA) is 68.1 Å². The van der Waals surface area contributed by atoms with Crippen molar-refractivity contribution in [2.24, 2.45) is 0 Å². The Balaban J connectivity index is 1.34. The zero-order chi connectivity index (χ0) is 16.9. The highest BCUT2D eigenvalue weighted by Gasteiger charge is 2.10. The molecule has 128 valence electrons. The first kappa shape index (κ1) is 15.6. The lowest BCUT2D eigenvalue weighted by molar-refractivity contribution is 0.122. The number of hydrogen-bond acceptors (Lipinski definition) is 6. The molecule has 0 aliphatic carbocycles. The molecule has 0 unspecified atom stereocenters. The highest BCUT2D eigenvalue weighted by atomic mass is 16.5. The Morgan fingerprint density at radius 3 is 2.32 bits per heavy atom. The molecule has 0 radical (unpaired) electrons. The zero-order valence-electron chi connectivity index (χ0n) is 13.9. The number of anilines is 2. The summed E-state index contributed by atoms with van der Waals surface area (Å²) in [7, 11) is 0. The SMILES string of the molecule is c1cc(N2CCOCC2)ccc1CNc1ccc(-n2cnnn2)cc1. The van der Waals surface area contributed by atoms with Crippen LogP contribution in [0.2, 0.25) is 0 Å². The van der Waals surface area contributed by atoms with Crippen molar-refractivity contribution < 1.29 is 4.74 Å². The quantitative estimate of drug-likeness (QED) is 0.770. The van der Waals surface area contributed by atoms with Gasteiger partial charge in [-0.2, -0.15) is 0 Å². The Labute approximate surface area is 146 Å². The molecule has 3 aromatic rings. The summed E-state index contributed by atoms with van der Waals surface area (Å²) < 4.78 is 7.03. The molecular formula is C18H20N6O. The second-order valence-corrected chi connectivity index (χ2v) is 5.92. The minimum absolute atomic E-state index is 0.785. The fourth-order valence-corrected chi connectivity index (χ4v) is 2.86. The van der Waals surface area contributed by atoms with E-state index in [2.05, 4.69) is 50.0 Å². The van der Waals surface area contributed by atoms with Crippen molar-refractivity contribution in [1.29, 1.82) is 0 Å². The number of ether oxygens (including phenoxy) is 1. The lowest BCUT2D eigenvalue weighted by atomic mass is 10.2. The van der Waals surface area contributed by atoms with E-state index in [9.17, 15) is 0 Å². The third-order valence-electron chi connectivity index (χ3n) is 4.29. The highest BCUT2D eigenvalue weighted by molar-refractivity contribution is 5.50. The van der Waals surface area contributed by atoms with Crippen LogP contribution in [0.25, 0.3) is 5.69 Å². The summed E-state index contributed by atoms with van der Waals surface area (Å²) in [4.78, 5) is 2.36. The van der Waals surface area contributed by atoms with E-state index < -0.39 is 0 Å². The number of hydrogen-bond donors (Lipinski definition) is 1. The van der Waals surface area contributed by atoms with Gasteiger partial charge in [-0.3, -0.25) is 0 Å². The number of tetrazole rings is 1. The number of aromatic nitrogens is 4. The number of morpholine rings is 1. The van der Waals surface area contributed by atoms with Gasteiger partial charge in [-0.1, -0.05) is 12.1 Å². The maximum Gasteiger partial charge on any atom is 0.143 e. The Kier molecular flexibility index (Phi) is 4.56. The van der Waals surface area contributed by atoms with Crippen LogP contribution < -0.4 is 10.2 Å². The summed E-state index contributed by atoms with van der Waals surface area (Å²) in [6, 6.07) is 16.7. The van der Waals surface area contributed by atoms with Crippen LogP contribution in [0.4, 0.5) is 11.4 Å². The van der Waals surface area contributed by atoms with E-state index in [1.165, 1.54) is 11.3 Å². The van der Waals surface area contributed by atoms with Crippen LogP contribution in [0.1, 0.15) is 5.56 Å². The third kappa shape index (κ3) is 3.77. The maximum atomic E-state index is 5.40. The van der Waals surface area contributed by atoms with Crippen LogP contribution in [0, 0.1) is 0 Å². The molecule has 7 heteroatoms. The Hall–Kier alpha value is -2.93. The first-order valence-corrected chi connectivity index (χ1v) is 8.37. The van der Waals surface area contributed by atoms with E-state index in [-0.39, 0.29) is 0 Å². The standard InChI is InChI=1S/C18H20N6O/c1-5-17(23-9-11-25-12-10-23)6-2-15(1)13-19-16-3-7-18(8-4-16)24-14-20-21-22-24/h1-8,14,19H,9-13H2. The van der Waals surface area contributed by atoms with Crippen molar-refractivity contribution in [3.8, 4) is 5.69 Å². The number of benzene rings is 2. The van der Waals surface area contributed by atoms with Crippen LogP contribution >= 0.6 is 0 Å². The van der Waals surface area contributed by atoms with Gasteiger partial charge in [0.05, 0.1) is 18.9 Å². The van der Waals surface area contributed by atoms with Crippen molar-refractivity contribution in [1.82, 2.24) is 20.2 Å². The minimum Gasteiger partial charge on any atom is -0.381 e. The number of rotatable bonds is 5. The lowest BCUT2D eigenvalue weighted by Gasteiger charge is -2.28. The van der Waals surface area contributed by atoms with E-state index in [0.29, 0.717) is 0 Å². The van der Waals surface area contributed by atoms with Crippen molar-refractivity contribution in [3.05, 3.63) is 60.4 Å². The summed E-state index contributed by atoms with van der Waals surface area (Å²) in [6.07, 6.45) is 1.58. The minimum atomic E-state index is 0.785. The largest absolute Gasteiger partial charge is 0.381 e. The van der Waals surface area contributed by atoms with Gasteiger partial charge >= 0.3 is 0 Å². The normalized spacial score (nSPS) is 14.5. The summed E-state index contributed by atoms with van der Waals surface area (Å²) in [6.45, 7) is 4.33. The van der Waals surface area contributed by atoms with E-state index >= 15 is 0 Å². The molecule has 0 spiro atoms. The molecule has 0 bridgehead atoms. The average molecular weight is 336 g/mol. The van der Waals surface area contributed by atoms with Crippen LogP contribution in [0.5, 0.6) is 0 Å². The van der Waals surface area contributed by atoms with Gasteiger partial charge in [0.1, 0.15) is 6.33 Å². The predicted octanol–water partition coefficient (Wildman–Crippen LogP) is 2.11. The van der Waals surface area contributed by atoms with Crippen molar-refractivity contribution in [2.45, 2.75) is 6.54 Å². The molecule has 7 nitrogen and oxygen atoms in total. The van der Waals surface area contributed by atoms with Crippen molar-refractivity contribution >= 4 is 11.4 Å². The van der Waals surface area contributed by atoms with Gasteiger partial charge in [0.25, 0.3) is 0 Å². The molecule has 0 amide bonds. The lowest BCUT2D eigenvalue weighted by Crippen LogP contribution is -2.36. The van der Waals surface area contributed by atoms with E-state index in [1.54, 1.807) is 11.0 Å². The number of nitrogens with one attached hydrogen (secondary N) is 1. The zero-order valence-corrected chi connectivity index (χ0v) is 13.9. The summed E-state index contributed by atoms with van der Waals surface area (Å²) in [5.74, 6) is 0. The second kappa shape index (κ2) is 7.31. The van der Waals surface area contributed by atoms with E-state index in [1.807, 2.05) is 24.3 Å². The Morgan fingerprint density at radius 1 is 0.920 bits per heavy atom. The highest BCUT2D eigenvalue weighted by Crippen LogP contribution is 2.18. The Bertz CT molecular complexity index is 779. The fourth-order valence-electron chi connectivity index (χ4n) is 2.86. The summed E-state index contributed by atoms with van der Waals surface area (Å²) >= 11 is 0. The van der Waals surface area contributed by atoms with E-state index in [4.69, 9.17) is 4.74 Å². The number of nitrogens with zero attached hydrogens (tertiary/aromatic N) is 5. The van der Waals surface area contributed by atoms with Gasteiger partial charge < -0.3 is 15.0 Å². The van der Waals surface area contributed by atoms with Crippen LogP contribution in [0.3, 0.4) is 0 Å². The molecule has 0 saturated carbocycles. The molecule has 25 heavy (non-hydrogen) atoms. The van der Waals surface area contributed by atoms with Gasteiger partial charge in [-0.15, -0.1) is 5.10 Å². The first-order chi connectivity index (χ1) is 12.4. The fraction of sp³-hybridized carbons (Fsp3) is 0.278. The maximum absolute atomic E-state index is 5.40. The van der Waals surface area contributed by atoms with E-state index in [0.717, 1.165) is 44.2 Å². The third-order valence-corrected chi connectivity index (χ3v) is 4.29. The average Bonchev–Trinajstić information content (AvgIpc) is 3.23. The molecule has 1 fully saturated rings. The molecule has 4 rings (SSSR count). The summed E-state index contributed by atoms with van der Waals surface area (Å²) in [5, 5.41) is 14.6. The smallest absolute Gasteiger partial charge is 0.143 e. The molecule has 1 aliphatic heterocycles. The molecule has 1 saturated heterocycles. The molecule has 1 aliphatic rings. The van der Waals surface area contributed by atoms with Gasteiger partial charge in [-0.05, 0) is 52.4 Å². The van der Waals surface area contributed by atoms with Crippen LogP contribution in [0.15, 0.2) is 54.9 Å². The molecule has 0 atom stereocenters. The monoisotopic (exact) mass is 336 g/mol. The van der Waals surface area contributed by atoms with Crippen LogP contribution in [-0.2, 0) is 11.3 Å².